The molecular formula is C21H17F3N4O2S. The van der Waals surface area contributed by atoms with Crippen molar-refractivity contribution in [1.29, 1.82) is 0 Å². The van der Waals surface area contributed by atoms with Gasteiger partial charge in [0, 0.05) is 23.9 Å². The second-order valence-corrected chi connectivity index (χ2v) is 8.79. The minimum absolute atomic E-state index is 0.0552. The van der Waals surface area contributed by atoms with Gasteiger partial charge in [0.2, 0.25) is 10.0 Å². The zero-order chi connectivity index (χ0) is 22.4. The number of fused-ring (bicyclic) bond motifs is 1. The highest BCUT2D eigenvalue weighted by Gasteiger charge is 2.36. The molecule has 31 heavy (non-hydrogen) atoms. The molecule has 2 heterocycles. The summed E-state index contributed by atoms with van der Waals surface area (Å²) in [6.45, 7) is 0. The van der Waals surface area contributed by atoms with Crippen molar-refractivity contribution in [3.05, 3.63) is 66.2 Å². The lowest BCUT2D eigenvalue weighted by atomic mass is 10.0. The minimum Gasteiger partial charge on any atom is -0.284 e. The zero-order valence-electron chi connectivity index (χ0n) is 16.5. The molecule has 4 aromatic rings. The van der Waals surface area contributed by atoms with E-state index in [9.17, 15) is 21.6 Å². The van der Waals surface area contributed by atoms with E-state index in [-0.39, 0.29) is 28.1 Å². The van der Waals surface area contributed by atoms with Crippen LogP contribution in [-0.2, 0) is 23.2 Å². The van der Waals surface area contributed by atoms with E-state index in [1.165, 1.54) is 23.9 Å². The number of hydrogen-bond acceptors (Lipinski definition) is 4. The van der Waals surface area contributed by atoms with Crippen LogP contribution in [0.2, 0.25) is 0 Å². The smallest absolute Gasteiger partial charge is 0.284 e. The lowest BCUT2D eigenvalue weighted by Crippen LogP contribution is -2.09. The highest BCUT2D eigenvalue weighted by molar-refractivity contribution is 7.92. The highest BCUT2D eigenvalue weighted by atomic mass is 32.2. The summed E-state index contributed by atoms with van der Waals surface area (Å²) >= 11 is 0. The molecule has 2 aromatic carbocycles. The van der Waals surface area contributed by atoms with Crippen molar-refractivity contribution in [3.63, 3.8) is 0 Å². The topological polar surface area (TPSA) is 76.9 Å². The summed E-state index contributed by atoms with van der Waals surface area (Å²) in [7, 11) is -2.01. The van der Waals surface area contributed by atoms with Crippen molar-refractivity contribution in [2.75, 3.05) is 11.0 Å². The molecule has 0 unspecified atom stereocenters. The summed E-state index contributed by atoms with van der Waals surface area (Å²) < 4.78 is 68.8. The molecule has 0 fully saturated rings. The molecular weight excluding hydrogens is 429 g/mol. The quantitative estimate of drug-likeness (QED) is 0.493. The van der Waals surface area contributed by atoms with Crippen LogP contribution in [0, 0.1) is 0 Å². The number of benzene rings is 2. The van der Waals surface area contributed by atoms with Gasteiger partial charge < -0.3 is 0 Å². The lowest BCUT2D eigenvalue weighted by molar-refractivity contribution is -0.136. The number of hydrogen-bond donors (Lipinski definition) is 1. The van der Waals surface area contributed by atoms with Crippen molar-refractivity contribution >= 4 is 26.7 Å². The average molecular weight is 446 g/mol. The average Bonchev–Trinajstić information content (AvgIpc) is 3.03. The molecule has 6 nitrogen and oxygen atoms in total. The second-order valence-electron chi connectivity index (χ2n) is 7.04. The number of aryl methyl sites for hydroxylation is 1. The van der Waals surface area contributed by atoms with Crippen LogP contribution in [0.1, 0.15) is 5.56 Å². The maximum Gasteiger partial charge on any atom is 0.417 e. The zero-order valence-corrected chi connectivity index (χ0v) is 17.3. The Morgan fingerprint density at radius 1 is 0.968 bits per heavy atom. The van der Waals surface area contributed by atoms with E-state index in [4.69, 9.17) is 0 Å². The molecule has 4 rings (SSSR count). The van der Waals surface area contributed by atoms with Crippen LogP contribution in [0.4, 0.5) is 18.9 Å². The third-order valence-electron chi connectivity index (χ3n) is 4.61. The van der Waals surface area contributed by atoms with Crippen LogP contribution in [-0.4, -0.2) is 29.4 Å². The molecule has 0 atom stereocenters. The third kappa shape index (κ3) is 4.24. The Balaban J connectivity index is 1.96. The maximum absolute atomic E-state index is 14.1. The number of halogens is 3. The van der Waals surface area contributed by atoms with Crippen LogP contribution in [0.15, 0.2) is 60.7 Å². The summed E-state index contributed by atoms with van der Waals surface area (Å²) in [5, 5.41) is 4.21. The predicted molar refractivity (Wildman–Crippen MR) is 113 cm³/mol. The first-order valence-corrected chi connectivity index (χ1v) is 11.0. The first-order valence-electron chi connectivity index (χ1n) is 9.11. The highest BCUT2D eigenvalue weighted by Crippen LogP contribution is 2.40. The number of anilines is 1. The van der Waals surface area contributed by atoms with Gasteiger partial charge in [0.05, 0.1) is 22.9 Å². The molecule has 0 aliphatic rings. The second kappa shape index (κ2) is 7.38. The summed E-state index contributed by atoms with van der Waals surface area (Å²) in [4.78, 5) is 4.43. The molecule has 0 amide bonds. The SMILES string of the molecule is Cn1nc(-c2ccccc2)c2c(C(F)(F)F)cc(-c3cccc(NS(C)(=O)=O)c3)nc21. The summed E-state index contributed by atoms with van der Waals surface area (Å²) in [6.07, 6.45) is -3.66. The predicted octanol–water partition coefficient (Wildman–Crippen LogP) is 4.69. The molecule has 0 aliphatic carbocycles. The van der Waals surface area contributed by atoms with Crippen molar-refractivity contribution < 1.29 is 21.6 Å². The van der Waals surface area contributed by atoms with Gasteiger partial charge in [0.25, 0.3) is 0 Å². The monoisotopic (exact) mass is 446 g/mol. The fourth-order valence-corrected chi connectivity index (χ4v) is 3.93. The Bertz CT molecular complexity index is 1380. The lowest BCUT2D eigenvalue weighted by Gasteiger charge is -2.12. The van der Waals surface area contributed by atoms with E-state index < -0.39 is 21.8 Å². The van der Waals surface area contributed by atoms with E-state index in [1.807, 2.05) is 0 Å². The van der Waals surface area contributed by atoms with Gasteiger partial charge >= 0.3 is 6.18 Å². The molecule has 160 valence electrons. The Morgan fingerprint density at radius 3 is 2.29 bits per heavy atom. The maximum atomic E-state index is 14.1. The Morgan fingerprint density at radius 2 is 1.65 bits per heavy atom. The van der Waals surface area contributed by atoms with Gasteiger partial charge in [-0.05, 0) is 18.2 Å². The molecule has 10 heteroatoms. The Hall–Kier alpha value is -3.40. The van der Waals surface area contributed by atoms with Crippen LogP contribution in [0.25, 0.3) is 33.5 Å². The molecule has 0 spiro atoms. The van der Waals surface area contributed by atoms with Gasteiger partial charge in [-0.2, -0.15) is 18.3 Å². The van der Waals surface area contributed by atoms with Gasteiger partial charge in [0.15, 0.2) is 5.65 Å². The van der Waals surface area contributed by atoms with E-state index >= 15 is 0 Å². The number of nitrogens with one attached hydrogen (secondary N) is 1. The number of alkyl halides is 3. The van der Waals surface area contributed by atoms with Crippen molar-refractivity contribution in [2.24, 2.45) is 7.05 Å². The van der Waals surface area contributed by atoms with Gasteiger partial charge in [-0.3, -0.25) is 4.72 Å². The van der Waals surface area contributed by atoms with Gasteiger partial charge in [-0.25, -0.2) is 18.1 Å². The Kier molecular flexibility index (Phi) is 4.97. The van der Waals surface area contributed by atoms with Gasteiger partial charge in [-0.1, -0.05) is 42.5 Å². The van der Waals surface area contributed by atoms with E-state index in [0.717, 1.165) is 12.3 Å². The van der Waals surface area contributed by atoms with Crippen LogP contribution >= 0.6 is 0 Å². The molecule has 2 aromatic heterocycles. The van der Waals surface area contributed by atoms with E-state index in [1.54, 1.807) is 42.5 Å². The van der Waals surface area contributed by atoms with Crippen LogP contribution in [0.3, 0.4) is 0 Å². The molecule has 0 bridgehead atoms. The largest absolute Gasteiger partial charge is 0.417 e. The summed E-state index contributed by atoms with van der Waals surface area (Å²) in [5.41, 5.74) is 0.573. The number of sulfonamides is 1. The van der Waals surface area contributed by atoms with Crippen molar-refractivity contribution in [2.45, 2.75) is 6.18 Å². The molecule has 0 saturated heterocycles. The molecule has 0 radical (unpaired) electrons. The summed E-state index contributed by atoms with van der Waals surface area (Å²) in [5.74, 6) is 0. The standard InChI is InChI=1S/C21H17F3N4O2S/c1-28-20-18(19(26-28)13-7-4-3-5-8-13)16(21(22,23)24)12-17(25-20)14-9-6-10-15(11-14)27-31(2,29)30/h3-12,27H,1-2H3. The number of rotatable bonds is 4. The number of pyridine rings is 1. The molecule has 1 N–H and O–H groups in total. The van der Waals surface area contributed by atoms with Gasteiger partial charge in [-0.15, -0.1) is 0 Å². The fourth-order valence-electron chi connectivity index (χ4n) is 3.37. The molecule has 0 aliphatic heterocycles. The first kappa shape index (κ1) is 20.9. The van der Waals surface area contributed by atoms with Crippen molar-refractivity contribution in [1.82, 2.24) is 14.8 Å². The van der Waals surface area contributed by atoms with Gasteiger partial charge in [0.1, 0.15) is 5.69 Å². The minimum atomic E-state index is -4.65. The summed E-state index contributed by atoms with van der Waals surface area (Å²) in [6, 6.07) is 15.6. The number of nitrogens with zero attached hydrogens (tertiary/aromatic N) is 3. The normalized spacial score (nSPS) is 12.3. The van der Waals surface area contributed by atoms with E-state index in [2.05, 4.69) is 14.8 Å². The van der Waals surface area contributed by atoms with Crippen LogP contribution in [0.5, 0.6) is 0 Å². The fraction of sp³-hybridized carbons (Fsp3) is 0.143. The van der Waals surface area contributed by atoms with Crippen LogP contribution < -0.4 is 4.72 Å². The first-order chi connectivity index (χ1) is 14.5. The third-order valence-corrected chi connectivity index (χ3v) is 5.21. The number of aromatic nitrogens is 3. The molecule has 0 saturated carbocycles. The Labute approximate surface area is 176 Å². The van der Waals surface area contributed by atoms with E-state index in [0.29, 0.717) is 11.1 Å². The van der Waals surface area contributed by atoms with Crippen molar-refractivity contribution in [3.8, 4) is 22.5 Å².